The number of carbonyl (C=O) groups is 1. The maximum Gasteiger partial charge on any atom is 0.416 e. The molecule has 0 aromatic heterocycles. The Hall–Kier alpha value is -3.60. The Labute approximate surface area is 152 Å². The van der Waals surface area contributed by atoms with Gasteiger partial charge in [-0.1, -0.05) is 12.1 Å². The van der Waals surface area contributed by atoms with Gasteiger partial charge in [-0.25, -0.2) is 9.79 Å². The Morgan fingerprint density at radius 2 is 1.78 bits per heavy atom. The van der Waals surface area contributed by atoms with Crippen LogP contribution in [0.5, 0.6) is 5.75 Å². The van der Waals surface area contributed by atoms with Gasteiger partial charge >= 0.3 is 12.1 Å². The van der Waals surface area contributed by atoms with Crippen molar-refractivity contribution in [1.29, 1.82) is 5.26 Å². The van der Waals surface area contributed by atoms with Gasteiger partial charge in [-0.2, -0.15) is 18.4 Å². The largest absolute Gasteiger partial charge is 0.479 e. The molecule has 136 valence electrons. The van der Waals surface area contributed by atoms with E-state index in [0.29, 0.717) is 11.3 Å². The Morgan fingerprint density at radius 1 is 1.11 bits per heavy atom. The molecule has 3 rings (SSSR count). The minimum Gasteiger partial charge on any atom is -0.479 e. The number of hydrogen-bond donors (Lipinski definition) is 0. The van der Waals surface area contributed by atoms with Crippen LogP contribution in [-0.2, 0) is 15.7 Å². The summed E-state index contributed by atoms with van der Waals surface area (Å²) in [5.41, 5.74) is 0.130. The zero-order chi connectivity index (χ0) is 19.4. The molecule has 2 aromatic carbocycles. The van der Waals surface area contributed by atoms with E-state index in [1.54, 1.807) is 24.3 Å². The second-order valence-corrected chi connectivity index (χ2v) is 5.43. The molecule has 1 heterocycles. The predicted molar refractivity (Wildman–Crippen MR) is 89.6 cm³/mol. The normalized spacial score (nSPS) is 15.3. The van der Waals surface area contributed by atoms with Crippen LogP contribution in [0.3, 0.4) is 0 Å². The molecule has 1 aliphatic heterocycles. The van der Waals surface area contributed by atoms with Crippen LogP contribution in [0.2, 0.25) is 0 Å². The average Bonchev–Trinajstić information content (AvgIpc) is 3.01. The highest BCUT2D eigenvalue weighted by atomic mass is 19.4. The van der Waals surface area contributed by atoms with Crippen molar-refractivity contribution in [2.75, 3.05) is 6.61 Å². The highest BCUT2D eigenvalue weighted by molar-refractivity contribution is 6.12. The van der Waals surface area contributed by atoms with Crippen LogP contribution < -0.4 is 4.74 Å². The van der Waals surface area contributed by atoms with Gasteiger partial charge in [-0.15, -0.1) is 0 Å². The smallest absolute Gasteiger partial charge is 0.416 e. The number of cyclic esters (lactones) is 1. The summed E-state index contributed by atoms with van der Waals surface area (Å²) in [6, 6.07) is 12.6. The average molecular weight is 372 g/mol. The summed E-state index contributed by atoms with van der Waals surface area (Å²) in [4.78, 5) is 16.0. The van der Waals surface area contributed by atoms with Gasteiger partial charge in [0.05, 0.1) is 5.56 Å². The highest BCUT2D eigenvalue weighted by Gasteiger charge is 2.31. The van der Waals surface area contributed by atoms with E-state index in [1.807, 2.05) is 6.07 Å². The van der Waals surface area contributed by atoms with Crippen LogP contribution in [-0.4, -0.2) is 18.5 Å². The third-order valence-corrected chi connectivity index (χ3v) is 3.57. The first kappa shape index (κ1) is 18.2. The first-order chi connectivity index (χ1) is 12.9. The standard InChI is InChI=1S/C19H11F3N2O3/c20-19(21,22)14-5-3-13(4-6-14)17-24-16(18(25)27-17)11-12-1-7-15(8-2-12)26-10-9-23/h1-8,11H,10H2/b16-11-. The molecule has 0 saturated carbocycles. The van der Waals surface area contributed by atoms with Gasteiger partial charge in [0.1, 0.15) is 11.8 Å². The predicted octanol–water partition coefficient (Wildman–Crippen LogP) is 3.95. The molecule has 0 unspecified atom stereocenters. The summed E-state index contributed by atoms with van der Waals surface area (Å²) >= 11 is 0. The zero-order valence-electron chi connectivity index (χ0n) is 13.7. The van der Waals surface area contributed by atoms with Gasteiger partial charge in [0.2, 0.25) is 5.90 Å². The maximum absolute atomic E-state index is 12.6. The van der Waals surface area contributed by atoms with E-state index >= 15 is 0 Å². The number of halogens is 3. The Bertz CT molecular complexity index is 954. The molecule has 0 N–H and O–H groups in total. The first-order valence-electron chi connectivity index (χ1n) is 7.67. The van der Waals surface area contributed by atoms with Gasteiger partial charge in [-0.05, 0) is 48.0 Å². The maximum atomic E-state index is 12.6. The lowest BCUT2D eigenvalue weighted by Gasteiger charge is -2.06. The molecule has 0 radical (unpaired) electrons. The van der Waals surface area contributed by atoms with Gasteiger partial charge in [0.25, 0.3) is 0 Å². The van der Waals surface area contributed by atoms with E-state index in [2.05, 4.69) is 4.99 Å². The molecule has 0 atom stereocenters. The van der Waals surface area contributed by atoms with Crippen LogP contribution in [0, 0.1) is 11.3 Å². The molecule has 0 fully saturated rings. The van der Waals surface area contributed by atoms with Crippen LogP contribution in [0.25, 0.3) is 6.08 Å². The monoisotopic (exact) mass is 372 g/mol. The van der Waals surface area contributed by atoms with Crippen LogP contribution >= 0.6 is 0 Å². The van der Waals surface area contributed by atoms with E-state index in [-0.39, 0.29) is 23.8 Å². The van der Waals surface area contributed by atoms with E-state index < -0.39 is 17.7 Å². The highest BCUT2D eigenvalue weighted by Crippen LogP contribution is 2.29. The molecular formula is C19H11F3N2O3. The molecule has 27 heavy (non-hydrogen) atoms. The second-order valence-electron chi connectivity index (χ2n) is 5.43. The van der Waals surface area contributed by atoms with E-state index in [0.717, 1.165) is 12.1 Å². The molecule has 8 heteroatoms. The lowest BCUT2D eigenvalue weighted by atomic mass is 10.1. The summed E-state index contributed by atoms with van der Waals surface area (Å²) in [7, 11) is 0. The topological polar surface area (TPSA) is 71.7 Å². The molecular weight excluding hydrogens is 361 g/mol. The van der Waals surface area contributed by atoms with Crippen LogP contribution in [0.1, 0.15) is 16.7 Å². The zero-order valence-corrected chi connectivity index (χ0v) is 13.7. The third kappa shape index (κ3) is 4.33. The van der Waals surface area contributed by atoms with Crippen molar-refractivity contribution in [3.8, 4) is 11.8 Å². The van der Waals surface area contributed by atoms with Crippen LogP contribution in [0.4, 0.5) is 13.2 Å². The minimum absolute atomic E-state index is 0.0237. The van der Waals surface area contributed by atoms with Crippen molar-refractivity contribution in [2.24, 2.45) is 4.99 Å². The number of carbonyl (C=O) groups excluding carboxylic acids is 1. The van der Waals surface area contributed by atoms with Gasteiger partial charge in [-0.3, -0.25) is 0 Å². The number of esters is 1. The molecule has 2 aromatic rings. The third-order valence-electron chi connectivity index (χ3n) is 3.57. The summed E-state index contributed by atoms with van der Waals surface area (Å²) in [5, 5.41) is 8.47. The number of ether oxygens (including phenoxy) is 2. The molecule has 0 saturated heterocycles. The SMILES string of the molecule is N#CCOc1ccc(/C=C2\N=C(c3ccc(C(F)(F)F)cc3)OC2=O)cc1. The van der Waals surface area contributed by atoms with Crippen molar-refractivity contribution >= 4 is 17.9 Å². The fourth-order valence-corrected chi connectivity index (χ4v) is 2.27. The van der Waals surface area contributed by atoms with E-state index in [1.165, 1.54) is 18.2 Å². The molecule has 1 aliphatic rings. The van der Waals surface area contributed by atoms with Gasteiger partial charge < -0.3 is 9.47 Å². The van der Waals surface area contributed by atoms with Crippen molar-refractivity contribution in [2.45, 2.75) is 6.18 Å². The Kier molecular flexibility index (Phi) is 4.94. The quantitative estimate of drug-likeness (QED) is 0.602. The Balaban J connectivity index is 1.79. The van der Waals surface area contributed by atoms with Gasteiger partial charge in [0.15, 0.2) is 12.3 Å². The second kappa shape index (κ2) is 7.33. The molecule has 0 spiro atoms. The number of alkyl halides is 3. The van der Waals surface area contributed by atoms with Crippen molar-refractivity contribution in [1.82, 2.24) is 0 Å². The first-order valence-corrected chi connectivity index (χ1v) is 7.67. The molecule has 0 aliphatic carbocycles. The number of hydrogen-bond acceptors (Lipinski definition) is 5. The number of rotatable bonds is 4. The number of nitrogens with zero attached hydrogens (tertiary/aromatic N) is 2. The van der Waals surface area contributed by atoms with Crippen LogP contribution in [0.15, 0.2) is 59.2 Å². The number of aliphatic imine (C=N–C) groups is 1. The molecule has 0 amide bonds. The summed E-state index contributed by atoms with van der Waals surface area (Å²) in [6.07, 6.45) is -2.96. The lowest BCUT2D eigenvalue weighted by molar-refractivity contribution is -0.137. The minimum atomic E-state index is -4.44. The van der Waals surface area contributed by atoms with E-state index in [4.69, 9.17) is 14.7 Å². The van der Waals surface area contributed by atoms with Gasteiger partial charge in [0, 0.05) is 5.56 Å². The van der Waals surface area contributed by atoms with Crippen molar-refractivity contribution < 1.29 is 27.4 Å². The number of benzene rings is 2. The summed E-state index contributed by atoms with van der Waals surface area (Å²) in [5.74, 6) is -0.259. The van der Waals surface area contributed by atoms with E-state index in [9.17, 15) is 18.0 Å². The van der Waals surface area contributed by atoms with Crippen molar-refractivity contribution in [3.05, 3.63) is 70.9 Å². The Morgan fingerprint density at radius 3 is 2.37 bits per heavy atom. The fraction of sp³-hybridized carbons (Fsp3) is 0.105. The van der Waals surface area contributed by atoms with Crippen molar-refractivity contribution in [3.63, 3.8) is 0 Å². The summed E-state index contributed by atoms with van der Waals surface area (Å²) in [6.45, 7) is -0.0758. The lowest BCUT2D eigenvalue weighted by Crippen LogP contribution is -2.08. The summed E-state index contributed by atoms with van der Waals surface area (Å²) < 4.78 is 48.0. The fourth-order valence-electron chi connectivity index (χ4n) is 2.27. The molecule has 0 bridgehead atoms. The molecule has 5 nitrogen and oxygen atoms in total. The number of nitriles is 1.